The first-order valence-corrected chi connectivity index (χ1v) is 9.71. The van der Waals surface area contributed by atoms with Gasteiger partial charge in [-0.05, 0) is 49.7 Å². The molecule has 0 atom stereocenters. The second-order valence-corrected chi connectivity index (χ2v) is 7.32. The summed E-state index contributed by atoms with van der Waals surface area (Å²) >= 11 is 0. The summed E-state index contributed by atoms with van der Waals surface area (Å²) in [5.74, 6) is -3.78. The molecule has 33 heavy (non-hydrogen) atoms. The van der Waals surface area contributed by atoms with E-state index in [4.69, 9.17) is 9.47 Å². The number of rotatable bonds is 6. The second-order valence-electron chi connectivity index (χ2n) is 7.32. The van der Waals surface area contributed by atoms with Crippen molar-refractivity contribution in [3.8, 4) is 33.8 Å². The van der Waals surface area contributed by atoms with Gasteiger partial charge in [-0.25, -0.2) is 22.8 Å². The predicted octanol–water partition coefficient (Wildman–Crippen LogP) is 6.40. The zero-order chi connectivity index (χ0) is 24.3. The van der Waals surface area contributed by atoms with E-state index in [2.05, 4.69) is 13.2 Å². The van der Waals surface area contributed by atoms with Crippen LogP contribution in [0.2, 0.25) is 0 Å². The highest BCUT2D eigenvalue weighted by molar-refractivity contribution is 5.89. The molecule has 0 aliphatic carbocycles. The van der Waals surface area contributed by atoms with E-state index in [1.54, 1.807) is 0 Å². The SMILES string of the molecule is C=C(C)C(=O)Oc1ccc(-c2ccc(-c3ccc(OC(=O)C(=C)C)cc3F)c(F)c2)c(F)c1. The molecule has 3 aromatic carbocycles. The molecule has 0 saturated carbocycles. The van der Waals surface area contributed by atoms with Crippen LogP contribution in [0.25, 0.3) is 22.3 Å². The summed E-state index contributed by atoms with van der Waals surface area (Å²) in [6.45, 7) is 9.81. The Bertz CT molecular complexity index is 1290. The highest BCUT2D eigenvalue weighted by Crippen LogP contribution is 2.33. The minimum Gasteiger partial charge on any atom is -0.423 e. The molecule has 3 rings (SSSR count). The smallest absolute Gasteiger partial charge is 0.338 e. The molecule has 0 spiro atoms. The molecule has 0 aliphatic rings. The Morgan fingerprint density at radius 1 is 0.636 bits per heavy atom. The molecule has 7 heteroatoms. The van der Waals surface area contributed by atoms with Gasteiger partial charge in [0.2, 0.25) is 0 Å². The van der Waals surface area contributed by atoms with Crippen LogP contribution >= 0.6 is 0 Å². The van der Waals surface area contributed by atoms with E-state index in [-0.39, 0.29) is 44.9 Å². The number of hydrogen-bond donors (Lipinski definition) is 0. The average molecular weight is 452 g/mol. The van der Waals surface area contributed by atoms with Crippen molar-refractivity contribution in [1.29, 1.82) is 0 Å². The highest BCUT2D eigenvalue weighted by Gasteiger charge is 2.16. The van der Waals surface area contributed by atoms with Gasteiger partial charge in [-0.2, -0.15) is 0 Å². The number of carbonyl (C=O) groups excluding carboxylic acids is 2. The van der Waals surface area contributed by atoms with Crippen molar-refractivity contribution >= 4 is 11.9 Å². The molecule has 3 aromatic rings. The molecular weight excluding hydrogens is 433 g/mol. The fourth-order valence-corrected chi connectivity index (χ4v) is 2.86. The normalized spacial score (nSPS) is 10.5. The number of halogens is 3. The minimum absolute atomic E-state index is 0.0177. The summed E-state index contributed by atoms with van der Waals surface area (Å²) in [4.78, 5) is 23.1. The van der Waals surface area contributed by atoms with Gasteiger partial charge in [0, 0.05) is 40.0 Å². The van der Waals surface area contributed by atoms with E-state index >= 15 is 0 Å². The van der Waals surface area contributed by atoms with Gasteiger partial charge in [0.1, 0.15) is 29.0 Å². The summed E-state index contributed by atoms with van der Waals surface area (Å²) in [6, 6.07) is 11.1. The first kappa shape index (κ1) is 23.5. The second kappa shape index (κ2) is 9.56. The third-order valence-corrected chi connectivity index (χ3v) is 4.57. The van der Waals surface area contributed by atoms with Gasteiger partial charge in [0.25, 0.3) is 0 Å². The van der Waals surface area contributed by atoms with Crippen LogP contribution in [0.15, 0.2) is 78.9 Å². The van der Waals surface area contributed by atoms with Crippen LogP contribution in [0, 0.1) is 17.5 Å². The quantitative estimate of drug-likeness (QED) is 0.247. The molecule has 168 valence electrons. The molecule has 0 saturated heterocycles. The van der Waals surface area contributed by atoms with Crippen LogP contribution in [0.1, 0.15) is 13.8 Å². The summed E-state index contributed by atoms with van der Waals surface area (Å²) in [5, 5.41) is 0. The molecule has 0 aliphatic heterocycles. The molecule has 0 unspecified atom stereocenters. The van der Waals surface area contributed by atoms with Crippen LogP contribution in [0.3, 0.4) is 0 Å². The van der Waals surface area contributed by atoms with Gasteiger partial charge in [0.15, 0.2) is 0 Å². The van der Waals surface area contributed by atoms with Gasteiger partial charge < -0.3 is 9.47 Å². The Morgan fingerprint density at radius 2 is 1.03 bits per heavy atom. The van der Waals surface area contributed by atoms with E-state index in [1.165, 1.54) is 50.2 Å². The van der Waals surface area contributed by atoms with Crippen LogP contribution in [0.5, 0.6) is 11.5 Å². The van der Waals surface area contributed by atoms with Gasteiger partial charge in [-0.15, -0.1) is 0 Å². The first-order valence-electron chi connectivity index (χ1n) is 9.71. The number of esters is 2. The third-order valence-electron chi connectivity index (χ3n) is 4.57. The maximum absolute atomic E-state index is 14.8. The number of hydrogen-bond acceptors (Lipinski definition) is 4. The maximum atomic E-state index is 14.8. The number of carbonyl (C=O) groups is 2. The zero-order valence-corrected chi connectivity index (χ0v) is 17.9. The first-order chi connectivity index (χ1) is 15.6. The van der Waals surface area contributed by atoms with Crippen molar-refractivity contribution in [2.45, 2.75) is 13.8 Å². The average Bonchev–Trinajstić information content (AvgIpc) is 2.74. The fraction of sp³-hybridized carbons (Fsp3) is 0.0769. The fourth-order valence-electron chi connectivity index (χ4n) is 2.86. The monoisotopic (exact) mass is 452 g/mol. The maximum Gasteiger partial charge on any atom is 0.338 e. The molecule has 4 nitrogen and oxygen atoms in total. The highest BCUT2D eigenvalue weighted by atomic mass is 19.1. The summed E-state index contributed by atoms with van der Waals surface area (Å²) < 4.78 is 53.9. The molecule has 0 radical (unpaired) electrons. The van der Waals surface area contributed by atoms with Gasteiger partial charge in [0.05, 0.1) is 0 Å². The van der Waals surface area contributed by atoms with Crippen molar-refractivity contribution < 1.29 is 32.2 Å². The van der Waals surface area contributed by atoms with Crippen LogP contribution in [-0.2, 0) is 9.59 Å². The lowest BCUT2D eigenvalue weighted by molar-refractivity contribution is -0.130. The minimum atomic E-state index is -0.802. The van der Waals surface area contributed by atoms with Crippen molar-refractivity contribution in [3.05, 3.63) is 96.4 Å². The third kappa shape index (κ3) is 5.38. The van der Waals surface area contributed by atoms with Gasteiger partial charge in [-0.1, -0.05) is 25.3 Å². The van der Waals surface area contributed by atoms with Crippen LogP contribution < -0.4 is 9.47 Å². The molecular formula is C26H19F3O4. The van der Waals surface area contributed by atoms with Crippen molar-refractivity contribution in [3.63, 3.8) is 0 Å². The Hall–Kier alpha value is -4.13. The summed E-state index contributed by atoms with van der Waals surface area (Å²) in [7, 11) is 0. The lowest BCUT2D eigenvalue weighted by atomic mass is 9.99. The number of benzene rings is 3. The molecule has 0 bridgehead atoms. The lowest BCUT2D eigenvalue weighted by Gasteiger charge is -2.11. The van der Waals surface area contributed by atoms with Crippen LogP contribution in [0.4, 0.5) is 13.2 Å². The largest absolute Gasteiger partial charge is 0.423 e. The molecule has 0 amide bonds. The van der Waals surface area contributed by atoms with Crippen molar-refractivity contribution in [2.75, 3.05) is 0 Å². The predicted molar refractivity (Wildman–Crippen MR) is 118 cm³/mol. The van der Waals surface area contributed by atoms with E-state index in [9.17, 15) is 22.8 Å². The van der Waals surface area contributed by atoms with E-state index in [0.717, 1.165) is 18.2 Å². The van der Waals surface area contributed by atoms with Gasteiger partial charge in [-0.3, -0.25) is 0 Å². The molecule has 0 heterocycles. The topological polar surface area (TPSA) is 52.6 Å². The van der Waals surface area contributed by atoms with E-state index in [0.29, 0.717) is 0 Å². The summed E-state index contributed by atoms with van der Waals surface area (Å²) in [5.41, 5.74) is 0.469. The molecule has 0 aromatic heterocycles. The molecule has 0 fully saturated rings. The number of ether oxygens (including phenoxy) is 2. The van der Waals surface area contributed by atoms with Crippen molar-refractivity contribution in [2.24, 2.45) is 0 Å². The van der Waals surface area contributed by atoms with E-state index < -0.39 is 29.4 Å². The Morgan fingerprint density at radius 3 is 1.42 bits per heavy atom. The Labute approximate surface area is 188 Å². The Kier molecular flexibility index (Phi) is 6.82. The van der Waals surface area contributed by atoms with Crippen LogP contribution in [-0.4, -0.2) is 11.9 Å². The summed E-state index contributed by atoms with van der Waals surface area (Å²) in [6.07, 6.45) is 0. The lowest BCUT2D eigenvalue weighted by Crippen LogP contribution is -2.08. The van der Waals surface area contributed by atoms with Crippen molar-refractivity contribution in [1.82, 2.24) is 0 Å². The van der Waals surface area contributed by atoms with E-state index in [1.807, 2.05) is 0 Å². The zero-order valence-electron chi connectivity index (χ0n) is 17.9. The molecule has 0 N–H and O–H groups in total. The Balaban J connectivity index is 1.87. The standard InChI is InChI=1S/C26H19F3O4/c1-14(2)25(30)32-17-6-9-19(23(28)12-17)16-5-8-20(22(27)11-16)21-10-7-18(13-24(21)29)33-26(31)15(3)4/h5-13H,1,3H2,2,4H3. The van der Waals surface area contributed by atoms with Gasteiger partial charge >= 0.3 is 11.9 Å².